The van der Waals surface area contributed by atoms with Gasteiger partial charge in [-0.25, -0.2) is 4.98 Å². The number of amides is 1. The van der Waals surface area contributed by atoms with Gasteiger partial charge in [-0.3, -0.25) is 4.79 Å². The van der Waals surface area contributed by atoms with Crippen LogP contribution in [0.4, 0.5) is 0 Å². The number of aryl methyl sites for hydroxylation is 1. The van der Waals surface area contributed by atoms with Gasteiger partial charge < -0.3 is 19.4 Å². The molecule has 0 unspecified atom stereocenters. The minimum Gasteiger partial charge on any atom is -0.482 e. The number of morpholine rings is 1. The van der Waals surface area contributed by atoms with E-state index in [-0.39, 0.29) is 18.6 Å². The van der Waals surface area contributed by atoms with Gasteiger partial charge >= 0.3 is 0 Å². The second-order valence-corrected chi connectivity index (χ2v) is 5.78. The lowest BCUT2D eigenvalue weighted by molar-refractivity contribution is -0.141. The monoisotopic (exact) mass is 335 g/mol. The Kier molecular flexibility index (Phi) is 4.83. The summed E-state index contributed by atoms with van der Waals surface area (Å²) in [6.45, 7) is 3.36. The number of carbonyl (C=O) groups excluding carboxylic acids is 1. The second kappa shape index (κ2) is 7.02. The number of imidazole rings is 1. The summed E-state index contributed by atoms with van der Waals surface area (Å²) in [6, 6.07) is 7.10. The van der Waals surface area contributed by atoms with Crippen molar-refractivity contribution in [2.24, 2.45) is 0 Å². The van der Waals surface area contributed by atoms with Crippen molar-refractivity contribution in [1.82, 2.24) is 14.9 Å². The van der Waals surface area contributed by atoms with Crippen LogP contribution in [-0.4, -0.2) is 47.1 Å². The van der Waals surface area contributed by atoms with Gasteiger partial charge in [0.05, 0.1) is 18.2 Å². The minimum absolute atomic E-state index is 0.0480. The first-order chi connectivity index (χ1) is 11.1. The van der Waals surface area contributed by atoms with Gasteiger partial charge in [0.15, 0.2) is 6.61 Å². The van der Waals surface area contributed by atoms with Gasteiger partial charge in [-0.15, -0.1) is 0 Å². The Hall–Kier alpha value is -2.05. The van der Waals surface area contributed by atoms with E-state index in [1.165, 1.54) is 0 Å². The molecule has 0 spiro atoms. The highest BCUT2D eigenvalue weighted by atomic mass is 35.5. The van der Waals surface area contributed by atoms with Crippen molar-refractivity contribution in [3.8, 4) is 5.75 Å². The molecule has 0 bridgehead atoms. The van der Waals surface area contributed by atoms with E-state index in [4.69, 9.17) is 21.1 Å². The van der Waals surface area contributed by atoms with Crippen LogP contribution in [0.1, 0.15) is 17.6 Å². The van der Waals surface area contributed by atoms with Crippen LogP contribution in [0.15, 0.2) is 30.5 Å². The van der Waals surface area contributed by atoms with Gasteiger partial charge in [-0.05, 0) is 19.1 Å². The molecule has 6 nitrogen and oxygen atoms in total. The summed E-state index contributed by atoms with van der Waals surface area (Å²) in [6.07, 6.45) is 1.52. The number of carbonyl (C=O) groups is 1. The second-order valence-electron chi connectivity index (χ2n) is 5.37. The SMILES string of the molecule is Cc1cnc([C@H]2CN(C(=O)COc3ccccc3Cl)CCO2)[nH]1. The zero-order valence-electron chi connectivity index (χ0n) is 12.8. The van der Waals surface area contributed by atoms with Crippen LogP contribution in [0.3, 0.4) is 0 Å². The van der Waals surface area contributed by atoms with Crippen LogP contribution in [-0.2, 0) is 9.53 Å². The molecule has 1 N–H and O–H groups in total. The van der Waals surface area contributed by atoms with Gasteiger partial charge in [0.2, 0.25) is 0 Å². The number of H-pyrrole nitrogens is 1. The summed E-state index contributed by atoms with van der Waals surface area (Å²) in [7, 11) is 0. The Balaban J connectivity index is 1.58. The molecule has 0 radical (unpaired) electrons. The summed E-state index contributed by atoms with van der Waals surface area (Å²) in [5.41, 5.74) is 0.967. The Morgan fingerprint density at radius 1 is 1.52 bits per heavy atom. The molecule has 1 aromatic heterocycles. The number of aromatic nitrogens is 2. The molecule has 1 aliphatic rings. The number of nitrogens with one attached hydrogen (secondary N) is 1. The lowest BCUT2D eigenvalue weighted by Gasteiger charge is -2.32. The molecule has 2 aromatic rings. The lowest BCUT2D eigenvalue weighted by Crippen LogP contribution is -2.44. The van der Waals surface area contributed by atoms with Crippen molar-refractivity contribution >= 4 is 17.5 Å². The molecule has 1 aliphatic heterocycles. The molecule has 7 heteroatoms. The smallest absolute Gasteiger partial charge is 0.260 e. The zero-order chi connectivity index (χ0) is 16.2. The van der Waals surface area contributed by atoms with Crippen LogP contribution >= 0.6 is 11.6 Å². The number of para-hydroxylation sites is 1. The number of ether oxygens (including phenoxy) is 2. The first-order valence-electron chi connectivity index (χ1n) is 7.41. The van der Waals surface area contributed by atoms with E-state index in [0.29, 0.717) is 30.5 Å². The quantitative estimate of drug-likeness (QED) is 0.931. The summed E-state index contributed by atoms with van der Waals surface area (Å²) < 4.78 is 11.2. The molecule has 23 heavy (non-hydrogen) atoms. The summed E-state index contributed by atoms with van der Waals surface area (Å²) in [5.74, 6) is 1.16. The Bertz CT molecular complexity index is 689. The third kappa shape index (κ3) is 3.83. The Morgan fingerprint density at radius 2 is 2.35 bits per heavy atom. The predicted molar refractivity (Wildman–Crippen MR) is 85.5 cm³/mol. The van der Waals surface area contributed by atoms with Gasteiger partial charge in [-0.1, -0.05) is 23.7 Å². The van der Waals surface area contributed by atoms with Crippen molar-refractivity contribution in [3.63, 3.8) is 0 Å². The summed E-state index contributed by atoms with van der Waals surface area (Å²) in [4.78, 5) is 21.5. The molecule has 1 amide bonds. The highest BCUT2D eigenvalue weighted by Gasteiger charge is 2.27. The number of aromatic amines is 1. The molecule has 1 aromatic carbocycles. The number of hydrogen-bond donors (Lipinski definition) is 1. The molecule has 0 aliphatic carbocycles. The fourth-order valence-corrected chi connectivity index (χ4v) is 2.62. The van der Waals surface area contributed by atoms with Crippen LogP contribution in [0.25, 0.3) is 0 Å². The molecule has 1 saturated heterocycles. The van der Waals surface area contributed by atoms with Gasteiger partial charge in [0.1, 0.15) is 17.7 Å². The van der Waals surface area contributed by atoms with Crippen molar-refractivity contribution in [2.45, 2.75) is 13.0 Å². The van der Waals surface area contributed by atoms with E-state index >= 15 is 0 Å². The standard InChI is InChI=1S/C16H18ClN3O3/c1-11-8-18-16(19-11)14-9-20(6-7-22-14)15(21)10-23-13-5-3-2-4-12(13)17/h2-5,8,14H,6-7,9-10H2,1H3,(H,18,19)/t14-/m1/s1. The predicted octanol–water partition coefficient (Wildman–Crippen LogP) is 2.35. The maximum Gasteiger partial charge on any atom is 0.260 e. The van der Waals surface area contributed by atoms with E-state index < -0.39 is 0 Å². The van der Waals surface area contributed by atoms with E-state index in [2.05, 4.69) is 9.97 Å². The lowest BCUT2D eigenvalue weighted by atomic mass is 10.2. The fraction of sp³-hybridized carbons (Fsp3) is 0.375. The molecule has 1 atom stereocenters. The van der Waals surface area contributed by atoms with Crippen LogP contribution in [0.2, 0.25) is 5.02 Å². The summed E-state index contributed by atoms with van der Waals surface area (Å²) in [5, 5.41) is 0.492. The van der Waals surface area contributed by atoms with Gasteiger partial charge in [0.25, 0.3) is 5.91 Å². The summed E-state index contributed by atoms with van der Waals surface area (Å²) >= 11 is 6.02. The third-order valence-electron chi connectivity index (χ3n) is 3.63. The van der Waals surface area contributed by atoms with Crippen LogP contribution in [0.5, 0.6) is 5.75 Å². The molecular weight excluding hydrogens is 318 g/mol. The third-order valence-corrected chi connectivity index (χ3v) is 3.95. The maximum atomic E-state index is 12.3. The average Bonchev–Trinajstić information content (AvgIpc) is 3.00. The highest BCUT2D eigenvalue weighted by Crippen LogP contribution is 2.24. The number of rotatable bonds is 4. The van der Waals surface area contributed by atoms with E-state index in [1.807, 2.05) is 19.1 Å². The molecule has 122 valence electrons. The number of benzene rings is 1. The van der Waals surface area contributed by atoms with Crippen LogP contribution < -0.4 is 4.74 Å². The molecule has 0 saturated carbocycles. The Morgan fingerprint density at radius 3 is 3.09 bits per heavy atom. The van der Waals surface area contributed by atoms with Gasteiger partial charge in [-0.2, -0.15) is 0 Å². The van der Waals surface area contributed by atoms with E-state index in [9.17, 15) is 4.79 Å². The number of nitrogens with zero attached hydrogens (tertiary/aromatic N) is 2. The highest BCUT2D eigenvalue weighted by molar-refractivity contribution is 6.32. The van der Waals surface area contributed by atoms with Crippen molar-refractivity contribution < 1.29 is 14.3 Å². The molecule has 3 rings (SSSR count). The van der Waals surface area contributed by atoms with E-state index in [1.54, 1.807) is 23.2 Å². The number of hydrogen-bond acceptors (Lipinski definition) is 4. The minimum atomic E-state index is -0.235. The molecule has 1 fully saturated rings. The Labute approximate surface area is 139 Å². The topological polar surface area (TPSA) is 67.5 Å². The first kappa shape index (κ1) is 15.8. The van der Waals surface area contributed by atoms with Crippen molar-refractivity contribution in [3.05, 3.63) is 47.0 Å². The largest absolute Gasteiger partial charge is 0.482 e. The molecular formula is C16H18ClN3O3. The molecule has 2 heterocycles. The normalized spacial score (nSPS) is 18.0. The van der Waals surface area contributed by atoms with Crippen molar-refractivity contribution in [1.29, 1.82) is 0 Å². The van der Waals surface area contributed by atoms with E-state index in [0.717, 1.165) is 11.5 Å². The van der Waals surface area contributed by atoms with Gasteiger partial charge in [0, 0.05) is 18.4 Å². The fourth-order valence-electron chi connectivity index (χ4n) is 2.43. The van der Waals surface area contributed by atoms with Crippen LogP contribution in [0, 0.1) is 6.92 Å². The zero-order valence-corrected chi connectivity index (χ0v) is 13.5. The van der Waals surface area contributed by atoms with Crippen molar-refractivity contribution in [2.75, 3.05) is 26.3 Å². The number of halogens is 1. The maximum absolute atomic E-state index is 12.3. The first-order valence-corrected chi connectivity index (χ1v) is 7.79. The average molecular weight is 336 g/mol.